The zero-order valence-corrected chi connectivity index (χ0v) is 20.6. The second-order valence-electron chi connectivity index (χ2n) is 10.4. The van der Waals surface area contributed by atoms with E-state index in [4.69, 9.17) is 4.42 Å². The van der Waals surface area contributed by atoms with E-state index in [1.807, 2.05) is 32.9 Å². The van der Waals surface area contributed by atoms with Gasteiger partial charge in [-0.15, -0.1) is 0 Å². The number of anilines is 1. The molecule has 180 valence electrons. The lowest BCUT2D eigenvalue weighted by molar-refractivity contribution is -0.132. The van der Waals surface area contributed by atoms with E-state index >= 15 is 0 Å². The molecule has 0 aliphatic heterocycles. The van der Waals surface area contributed by atoms with Crippen LogP contribution in [0, 0.1) is 0 Å². The van der Waals surface area contributed by atoms with Crippen LogP contribution < -0.4 is 10.2 Å². The Labute approximate surface area is 200 Å². The normalized spacial score (nSPS) is 13.7. The first kappa shape index (κ1) is 25.2. The fourth-order valence-electron chi connectivity index (χ4n) is 3.62. The van der Waals surface area contributed by atoms with E-state index in [0.717, 1.165) is 5.56 Å². The average Bonchev–Trinajstić information content (AvgIpc) is 3.30. The number of aromatic nitrogens is 1. The highest BCUT2D eigenvalue weighted by Crippen LogP contribution is 2.33. The largest absolute Gasteiger partial charge is 0.466 e. The van der Waals surface area contributed by atoms with Gasteiger partial charge in [-0.3, -0.25) is 19.5 Å². The van der Waals surface area contributed by atoms with Crippen molar-refractivity contribution in [1.29, 1.82) is 0 Å². The topological polar surface area (TPSA) is 95.7 Å². The van der Waals surface area contributed by atoms with E-state index in [9.17, 15) is 14.7 Å². The molecule has 0 aliphatic rings. The van der Waals surface area contributed by atoms with Crippen molar-refractivity contribution < 1.29 is 19.1 Å². The summed E-state index contributed by atoms with van der Waals surface area (Å²) in [6, 6.07) is 12.9. The van der Waals surface area contributed by atoms with Crippen molar-refractivity contribution in [3.63, 3.8) is 0 Å². The standard InChI is InChI=1S/C27H33N3O4/c1-26(2,3)19-11-13-20(14-12-19)30(25(33)23(31)21-10-8-16-34-21)22(18-9-7-15-28-17-18)24(32)29-27(4,5)6/h7-17,22-23,31H,1-6H3,(H,29,32). The number of hydrogen-bond donors (Lipinski definition) is 2. The van der Waals surface area contributed by atoms with Crippen molar-refractivity contribution >= 4 is 17.5 Å². The van der Waals surface area contributed by atoms with Crippen molar-refractivity contribution in [3.8, 4) is 0 Å². The number of nitrogens with zero attached hydrogens (tertiary/aromatic N) is 2. The third-order valence-electron chi connectivity index (χ3n) is 5.30. The minimum absolute atomic E-state index is 0.0899. The molecule has 1 aromatic carbocycles. The highest BCUT2D eigenvalue weighted by molar-refractivity contribution is 6.03. The van der Waals surface area contributed by atoms with Gasteiger partial charge in [-0.1, -0.05) is 39.0 Å². The number of rotatable bonds is 6. The summed E-state index contributed by atoms with van der Waals surface area (Å²) in [6.07, 6.45) is 2.96. The summed E-state index contributed by atoms with van der Waals surface area (Å²) in [4.78, 5) is 32.8. The van der Waals surface area contributed by atoms with Gasteiger partial charge in [-0.2, -0.15) is 0 Å². The third kappa shape index (κ3) is 5.91. The Morgan fingerprint density at radius 2 is 1.68 bits per heavy atom. The van der Waals surface area contributed by atoms with E-state index in [2.05, 4.69) is 31.1 Å². The van der Waals surface area contributed by atoms with E-state index in [0.29, 0.717) is 11.3 Å². The molecular formula is C27H33N3O4. The number of amides is 2. The van der Waals surface area contributed by atoms with Gasteiger partial charge in [0.05, 0.1) is 6.26 Å². The van der Waals surface area contributed by atoms with Crippen LogP contribution in [0.5, 0.6) is 0 Å². The lowest BCUT2D eigenvalue weighted by atomic mass is 9.87. The predicted octanol–water partition coefficient (Wildman–Crippen LogP) is 4.69. The van der Waals surface area contributed by atoms with Gasteiger partial charge in [0.15, 0.2) is 6.10 Å². The molecule has 0 saturated heterocycles. The van der Waals surface area contributed by atoms with Gasteiger partial charge in [0, 0.05) is 29.2 Å². The smallest absolute Gasteiger partial charge is 0.264 e. The maximum atomic E-state index is 13.7. The van der Waals surface area contributed by atoms with Crippen LogP contribution in [0.1, 0.15) is 70.6 Å². The molecule has 2 aromatic heterocycles. The quantitative estimate of drug-likeness (QED) is 0.553. The van der Waals surface area contributed by atoms with Gasteiger partial charge in [0.2, 0.25) is 5.91 Å². The van der Waals surface area contributed by atoms with Crippen molar-refractivity contribution in [2.75, 3.05) is 4.90 Å². The Morgan fingerprint density at radius 1 is 1.00 bits per heavy atom. The van der Waals surface area contributed by atoms with Crippen molar-refractivity contribution in [1.82, 2.24) is 10.3 Å². The Morgan fingerprint density at radius 3 is 2.18 bits per heavy atom. The molecule has 2 N–H and O–H groups in total. The number of hydrogen-bond acceptors (Lipinski definition) is 5. The van der Waals surface area contributed by atoms with Crippen LogP contribution in [0.25, 0.3) is 0 Å². The molecule has 0 saturated carbocycles. The van der Waals surface area contributed by atoms with Crippen LogP contribution in [-0.2, 0) is 15.0 Å². The summed E-state index contributed by atoms with van der Waals surface area (Å²) < 4.78 is 5.28. The number of furan rings is 1. The Balaban J connectivity index is 2.15. The Bertz CT molecular complexity index is 1100. The molecule has 0 radical (unpaired) electrons. The van der Waals surface area contributed by atoms with E-state index in [1.54, 1.807) is 42.7 Å². The fraction of sp³-hybridized carbons (Fsp3) is 0.370. The molecule has 0 bridgehead atoms. The molecule has 0 aliphatic carbocycles. The van der Waals surface area contributed by atoms with E-state index in [-0.39, 0.29) is 17.1 Å². The summed E-state index contributed by atoms with van der Waals surface area (Å²) in [5.41, 5.74) is 1.44. The summed E-state index contributed by atoms with van der Waals surface area (Å²) in [7, 11) is 0. The van der Waals surface area contributed by atoms with Gasteiger partial charge >= 0.3 is 0 Å². The van der Waals surface area contributed by atoms with Gasteiger partial charge in [-0.25, -0.2) is 0 Å². The predicted molar refractivity (Wildman–Crippen MR) is 131 cm³/mol. The first-order valence-corrected chi connectivity index (χ1v) is 11.3. The molecule has 2 unspecified atom stereocenters. The summed E-state index contributed by atoms with van der Waals surface area (Å²) >= 11 is 0. The SMILES string of the molecule is CC(C)(C)NC(=O)C(c1cccnc1)N(C(=O)C(O)c1ccco1)c1ccc(C(C)(C)C)cc1. The lowest BCUT2D eigenvalue weighted by Crippen LogP contribution is -2.50. The van der Waals surface area contributed by atoms with Crippen LogP contribution in [0.4, 0.5) is 5.69 Å². The molecule has 0 spiro atoms. The number of nitrogens with one attached hydrogen (secondary N) is 1. The van der Waals surface area contributed by atoms with Gasteiger partial charge < -0.3 is 14.8 Å². The van der Waals surface area contributed by atoms with Crippen LogP contribution in [-0.4, -0.2) is 27.4 Å². The zero-order valence-electron chi connectivity index (χ0n) is 20.6. The van der Waals surface area contributed by atoms with Crippen molar-refractivity contribution in [2.45, 2.75) is 64.6 Å². The molecule has 3 rings (SSSR count). The number of aliphatic hydroxyl groups excluding tert-OH is 1. The zero-order chi connectivity index (χ0) is 25.1. The number of carbonyl (C=O) groups is 2. The van der Waals surface area contributed by atoms with Gasteiger partial charge in [0.25, 0.3) is 5.91 Å². The number of carbonyl (C=O) groups excluding carboxylic acids is 2. The maximum Gasteiger partial charge on any atom is 0.264 e. The lowest BCUT2D eigenvalue weighted by Gasteiger charge is -2.34. The minimum atomic E-state index is -1.58. The molecule has 2 amide bonds. The molecule has 2 atom stereocenters. The molecule has 34 heavy (non-hydrogen) atoms. The second-order valence-corrected chi connectivity index (χ2v) is 10.4. The first-order chi connectivity index (χ1) is 15.9. The van der Waals surface area contributed by atoms with Crippen LogP contribution in [0.15, 0.2) is 71.6 Å². The molecule has 0 fully saturated rings. The van der Waals surface area contributed by atoms with Crippen LogP contribution in [0.3, 0.4) is 0 Å². The molecule has 7 nitrogen and oxygen atoms in total. The van der Waals surface area contributed by atoms with E-state index < -0.39 is 23.6 Å². The monoisotopic (exact) mass is 463 g/mol. The molecule has 2 heterocycles. The van der Waals surface area contributed by atoms with Crippen LogP contribution in [0.2, 0.25) is 0 Å². The first-order valence-electron chi connectivity index (χ1n) is 11.3. The number of pyridine rings is 1. The Hall–Kier alpha value is -3.45. The summed E-state index contributed by atoms with van der Waals surface area (Å²) in [5, 5.41) is 13.8. The molecular weight excluding hydrogens is 430 g/mol. The minimum Gasteiger partial charge on any atom is -0.466 e. The second kappa shape index (κ2) is 9.81. The summed E-state index contributed by atoms with van der Waals surface area (Å²) in [6.45, 7) is 11.9. The number of benzene rings is 1. The van der Waals surface area contributed by atoms with Gasteiger partial charge in [-0.05, 0) is 62.1 Å². The highest BCUT2D eigenvalue weighted by Gasteiger charge is 2.38. The Kier molecular flexibility index (Phi) is 7.26. The third-order valence-corrected chi connectivity index (χ3v) is 5.30. The average molecular weight is 464 g/mol. The number of aliphatic hydroxyl groups is 1. The summed E-state index contributed by atoms with van der Waals surface area (Å²) in [5.74, 6) is -0.973. The molecule has 7 heteroatoms. The van der Waals surface area contributed by atoms with E-state index in [1.165, 1.54) is 17.2 Å². The fourth-order valence-corrected chi connectivity index (χ4v) is 3.62. The molecule has 3 aromatic rings. The van der Waals surface area contributed by atoms with Gasteiger partial charge in [0.1, 0.15) is 11.8 Å². The maximum absolute atomic E-state index is 13.7. The van der Waals surface area contributed by atoms with Crippen molar-refractivity contribution in [3.05, 3.63) is 84.1 Å². The van der Waals surface area contributed by atoms with Crippen LogP contribution >= 0.6 is 0 Å². The highest BCUT2D eigenvalue weighted by atomic mass is 16.4. The van der Waals surface area contributed by atoms with Crippen molar-refractivity contribution in [2.24, 2.45) is 0 Å².